The van der Waals surface area contributed by atoms with Crippen LogP contribution in [0, 0.1) is 5.82 Å². The lowest BCUT2D eigenvalue weighted by molar-refractivity contribution is -0.117. The number of benzene rings is 2. The van der Waals surface area contributed by atoms with Crippen molar-refractivity contribution in [2.24, 2.45) is 0 Å². The first-order valence-corrected chi connectivity index (χ1v) is 8.62. The van der Waals surface area contributed by atoms with Gasteiger partial charge in [0.15, 0.2) is 11.5 Å². The van der Waals surface area contributed by atoms with Crippen molar-refractivity contribution in [3.63, 3.8) is 0 Å². The van der Waals surface area contributed by atoms with Crippen LogP contribution in [0.3, 0.4) is 0 Å². The largest absolute Gasteiger partial charge is 0.486 e. The molecule has 0 bridgehead atoms. The third kappa shape index (κ3) is 4.70. The number of anilines is 1. The summed E-state index contributed by atoms with van der Waals surface area (Å²) in [7, 11) is 1.84. The summed E-state index contributed by atoms with van der Waals surface area (Å²) in [5.41, 5.74) is 1.57. The Labute approximate surface area is 153 Å². The van der Waals surface area contributed by atoms with Gasteiger partial charge in [0.05, 0.1) is 12.2 Å². The maximum atomic E-state index is 12.9. The maximum Gasteiger partial charge on any atom is 0.238 e. The number of likely N-dealkylation sites (N-methyl/N-ethyl adjacent to an activating group) is 1. The zero-order valence-corrected chi connectivity index (χ0v) is 15.3. The number of halogens is 2. The molecule has 25 heavy (non-hydrogen) atoms. The minimum absolute atomic E-state index is 0.151. The first kappa shape index (κ1) is 17.7. The van der Waals surface area contributed by atoms with E-state index in [-0.39, 0.29) is 18.3 Å². The molecular weight excluding hydrogens is 391 g/mol. The van der Waals surface area contributed by atoms with Crippen molar-refractivity contribution in [1.29, 1.82) is 0 Å². The van der Waals surface area contributed by atoms with E-state index in [1.807, 2.05) is 11.9 Å². The second-order valence-corrected chi connectivity index (χ2v) is 6.68. The predicted octanol–water partition coefficient (Wildman–Crippen LogP) is 3.43. The average Bonchev–Trinajstić information content (AvgIpc) is 2.57. The fourth-order valence-corrected chi connectivity index (χ4v) is 2.97. The summed E-state index contributed by atoms with van der Waals surface area (Å²) in [6.07, 6.45) is 0. The van der Waals surface area contributed by atoms with E-state index in [9.17, 15) is 9.18 Å². The highest BCUT2D eigenvalue weighted by Crippen LogP contribution is 2.38. The third-order valence-corrected chi connectivity index (χ3v) is 4.34. The van der Waals surface area contributed by atoms with Gasteiger partial charge in [0, 0.05) is 23.2 Å². The van der Waals surface area contributed by atoms with Gasteiger partial charge in [0.2, 0.25) is 5.91 Å². The van der Waals surface area contributed by atoms with Crippen LogP contribution in [0.5, 0.6) is 11.5 Å². The van der Waals surface area contributed by atoms with Crippen LogP contribution >= 0.6 is 15.9 Å². The molecule has 1 aliphatic rings. The maximum absolute atomic E-state index is 12.9. The summed E-state index contributed by atoms with van der Waals surface area (Å²) in [5, 5.41) is 2.86. The number of nitrogens with zero attached hydrogens (tertiary/aromatic N) is 1. The Hall–Kier alpha value is -2.12. The molecule has 0 fully saturated rings. The molecule has 2 aromatic carbocycles. The van der Waals surface area contributed by atoms with E-state index in [1.165, 1.54) is 12.1 Å². The molecule has 1 N–H and O–H groups in total. The van der Waals surface area contributed by atoms with Crippen molar-refractivity contribution in [1.82, 2.24) is 4.90 Å². The fourth-order valence-electron chi connectivity index (χ4n) is 2.55. The molecule has 0 aromatic heterocycles. The molecule has 2 aromatic rings. The molecule has 132 valence electrons. The normalized spacial score (nSPS) is 13.0. The van der Waals surface area contributed by atoms with Crippen LogP contribution in [0.15, 0.2) is 40.9 Å². The number of hydrogen-bond acceptors (Lipinski definition) is 4. The molecule has 0 saturated heterocycles. The van der Waals surface area contributed by atoms with Crippen LogP contribution in [0.1, 0.15) is 5.56 Å². The Morgan fingerprint density at radius 2 is 1.84 bits per heavy atom. The highest BCUT2D eigenvalue weighted by Gasteiger charge is 2.16. The Morgan fingerprint density at radius 1 is 1.20 bits per heavy atom. The van der Waals surface area contributed by atoms with Crippen LogP contribution in [0.2, 0.25) is 0 Å². The van der Waals surface area contributed by atoms with Gasteiger partial charge in [-0.1, -0.05) is 12.1 Å². The molecule has 1 heterocycles. The summed E-state index contributed by atoms with van der Waals surface area (Å²) in [6, 6.07) is 9.77. The number of rotatable bonds is 5. The SMILES string of the molecule is CN(CC(=O)Nc1cc2c(cc1Br)OCCO2)Cc1ccc(F)cc1. The van der Waals surface area contributed by atoms with Gasteiger partial charge in [-0.3, -0.25) is 9.69 Å². The summed E-state index contributed by atoms with van der Waals surface area (Å²) < 4.78 is 24.7. The minimum Gasteiger partial charge on any atom is -0.486 e. The van der Waals surface area contributed by atoms with E-state index in [1.54, 1.807) is 24.3 Å². The molecule has 0 unspecified atom stereocenters. The number of carbonyl (C=O) groups excluding carboxylic acids is 1. The van der Waals surface area contributed by atoms with Crippen LogP contribution < -0.4 is 14.8 Å². The zero-order chi connectivity index (χ0) is 17.8. The van der Waals surface area contributed by atoms with Crippen LogP contribution in [0.25, 0.3) is 0 Å². The minimum atomic E-state index is -0.271. The zero-order valence-electron chi connectivity index (χ0n) is 13.7. The molecule has 0 spiro atoms. The molecular formula is C18H18BrFN2O3. The van der Waals surface area contributed by atoms with Gasteiger partial charge in [0.25, 0.3) is 0 Å². The smallest absolute Gasteiger partial charge is 0.238 e. The van der Waals surface area contributed by atoms with Crippen molar-refractivity contribution in [3.05, 3.63) is 52.3 Å². The molecule has 1 amide bonds. The molecule has 3 rings (SSSR count). The lowest BCUT2D eigenvalue weighted by Gasteiger charge is -2.21. The number of nitrogens with one attached hydrogen (secondary N) is 1. The second kappa shape index (κ2) is 7.84. The summed E-state index contributed by atoms with van der Waals surface area (Å²) in [5.74, 6) is 0.851. The number of amides is 1. The van der Waals surface area contributed by atoms with Gasteiger partial charge in [-0.15, -0.1) is 0 Å². The standard InChI is InChI=1S/C18H18BrFN2O3/c1-22(10-12-2-4-13(20)5-3-12)11-18(23)21-15-9-17-16(8-14(15)19)24-6-7-25-17/h2-5,8-9H,6-7,10-11H2,1H3,(H,21,23). The van der Waals surface area contributed by atoms with Gasteiger partial charge in [0.1, 0.15) is 19.0 Å². The first-order valence-electron chi connectivity index (χ1n) is 7.83. The van der Waals surface area contributed by atoms with Gasteiger partial charge in [-0.05, 0) is 40.7 Å². The first-order chi connectivity index (χ1) is 12.0. The molecule has 0 radical (unpaired) electrons. The second-order valence-electron chi connectivity index (χ2n) is 5.82. The molecule has 1 aliphatic heterocycles. The van der Waals surface area contributed by atoms with Crippen molar-refractivity contribution in [2.45, 2.75) is 6.54 Å². The van der Waals surface area contributed by atoms with Gasteiger partial charge >= 0.3 is 0 Å². The summed E-state index contributed by atoms with van der Waals surface area (Å²) >= 11 is 3.43. The Morgan fingerprint density at radius 3 is 2.52 bits per heavy atom. The molecule has 0 atom stereocenters. The highest BCUT2D eigenvalue weighted by atomic mass is 79.9. The van der Waals surface area contributed by atoms with Crippen molar-refractivity contribution in [2.75, 3.05) is 32.1 Å². The van der Waals surface area contributed by atoms with Crippen molar-refractivity contribution < 1.29 is 18.7 Å². The van der Waals surface area contributed by atoms with Crippen LogP contribution in [0.4, 0.5) is 10.1 Å². The van der Waals surface area contributed by atoms with E-state index < -0.39 is 0 Å². The van der Waals surface area contributed by atoms with Crippen molar-refractivity contribution in [3.8, 4) is 11.5 Å². The monoisotopic (exact) mass is 408 g/mol. The van der Waals surface area contributed by atoms with E-state index in [0.717, 1.165) is 10.0 Å². The average molecular weight is 409 g/mol. The summed E-state index contributed by atoms with van der Waals surface area (Å²) in [4.78, 5) is 14.1. The third-order valence-electron chi connectivity index (χ3n) is 3.69. The van der Waals surface area contributed by atoms with Gasteiger partial charge < -0.3 is 14.8 Å². The number of ether oxygens (including phenoxy) is 2. The molecule has 7 heteroatoms. The van der Waals surface area contributed by atoms with Gasteiger partial charge in [-0.25, -0.2) is 4.39 Å². The quantitative estimate of drug-likeness (QED) is 0.823. The topological polar surface area (TPSA) is 50.8 Å². The lowest BCUT2D eigenvalue weighted by Crippen LogP contribution is -2.30. The van der Waals surface area contributed by atoms with Crippen molar-refractivity contribution >= 4 is 27.5 Å². The van der Waals surface area contributed by atoms with E-state index >= 15 is 0 Å². The Balaban J connectivity index is 1.59. The molecule has 5 nitrogen and oxygen atoms in total. The fraction of sp³-hybridized carbons (Fsp3) is 0.278. The van der Waals surface area contributed by atoms with E-state index in [4.69, 9.17) is 9.47 Å². The highest BCUT2D eigenvalue weighted by molar-refractivity contribution is 9.10. The summed E-state index contributed by atoms with van der Waals surface area (Å²) in [6.45, 7) is 1.76. The van der Waals surface area contributed by atoms with E-state index in [2.05, 4.69) is 21.2 Å². The van der Waals surface area contributed by atoms with E-state index in [0.29, 0.717) is 36.9 Å². The number of hydrogen-bond donors (Lipinski definition) is 1. The predicted molar refractivity (Wildman–Crippen MR) is 96.5 cm³/mol. The molecule has 0 saturated carbocycles. The van der Waals surface area contributed by atoms with Gasteiger partial charge in [-0.2, -0.15) is 0 Å². The number of fused-ring (bicyclic) bond motifs is 1. The molecule has 0 aliphatic carbocycles. The van der Waals surface area contributed by atoms with Crippen LogP contribution in [-0.2, 0) is 11.3 Å². The Bertz CT molecular complexity index is 768. The van der Waals surface area contributed by atoms with Crippen LogP contribution in [-0.4, -0.2) is 37.6 Å². The Kier molecular flexibility index (Phi) is 5.55. The lowest BCUT2D eigenvalue weighted by atomic mass is 10.2. The number of carbonyl (C=O) groups is 1.